The molecule has 0 fully saturated rings. The van der Waals surface area contributed by atoms with Gasteiger partial charge in [0.15, 0.2) is 6.61 Å². The molecule has 0 atom stereocenters. The molecule has 0 aliphatic rings. The Labute approximate surface area is 195 Å². The van der Waals surface area contributed by atoms with Crippen molar-refractivity contribution in [1.82, 2.24) is 15.0 Å². The van der Waals surface area contributed by atoms with Crippen LogP contribution in [0.4, 0.5) is 5.69 Å². The van der Waals surface area contributed by atoms with Gasteiger partial charge in [0.05, 0.1) is 5.69 Å². The van der Waals surface area contributed by atoms with Crippen molar-refractivity contribution >= 4 is 45.0 Å². The van der Waals surface area contributed by atoms with Crippen LogP contribution in [-0.4, -0.2) is 27.5 Å². The van der Waals surface area contributed by atoms with Gasteiger partial charge in [-0.3, -0.25) is 4.79 Å². The minimum Gasteiger partial charge on any atom is -0.484 e. The molecule has 0 bridgehead atoms. The van der Waals surface area contributed by atoms with E-state index in [1.54, 1.807) is 16.9 Å². The molecule has 4 aromatic carbocycles. The average molecular weight is 457 g/mol. The number of aryl methyl sites for hydroxylation is 2. The average Bonchev–Trinajstić information content (AvgIpc) is 3.24. The van der Waals surface area contributed by atoms with Crippen molar-refractivity contribution in [3.05, 3.63) is 88.9 Å². The van der Waals surface area contributed by atoms with E-state index < -0.39 is 0 Å². The topological polar surface area (TPSA) is 69.0 Å². The third kappa shape index (κ3) is 4.25. The Balaban J connectivity index is 1.33. The number of nitrogens with zero attached hydrogens (tertiary/aromatic N) is 3. The number of fused-ring (bicyclic) bond motifs is 2. The second-order valence-corrected chi connectivity index (χ2v) is 8.28. The van der Waals surface area contributed by atoms with Gasteiger partial charge < -0.3 is 10.1 Å². The zero-order valence-corrected chi connectivity index (χ0v) is 18.9. The summed E-state index contributed by atoms with van der Waals surface area (Å²) in [6, 6.07) is 23.2. The van der Waals surface area contributed by atoms with E-state index in [4.69, 9.17) is 16.3 Å². The largest absolute Gasteiger partial charge is 0.484 e. The number of carbonyl (C=O) groups excluding carboxylic acids is 1. The highest BCUT2D eigenvalue weighted by atomic mass is 35.5. The van der Waals surface area contributed by atoms with Gasteiger partial charge in [-0.2, -0.15) is 0 Å². The molecule has 6 nitrogen and oxygen atoms in total. The number of nitrogens with one attached hydrogen (secondary N) is 1. The third-order valence-electron chi connectivity index (χ3n) is 5.43. The Kier molecular flexibility index (Phi) is 5.44. The van der Waals surface area contributed by atoms with E-state index in [1.807, 2.05) is 62.4 Å². The Morgan fingerprint density at radius 3 is 2.48 bits per heavy atom. The lowest BCUT2D eigenvalue weighted by Gasteiger charge is -2.10. The fourth-order valence-corrected chi connectivity index (χ4v) is 3.93. The molecule has 1 amide bonds. The van der Waals surface area contributed by atoms with Crippen LogP contribution in [0, 0.1) is 13.8 Å². The van der Waals surface area contributed by atoms with Crippen molar-refractivity contribution in [1.29, 1.82) is 0 Å². The number of carbonyl (C=O) groups is 1. The van der Waals surface area contributed by atoms with Gasteiger partial charge in [-0.05, 0) is 66.8 Å². The van der Waals surface area contributed by atoms with Crippen LogP contribution in [-0.2, 0) is 4.79 Å². The molecule has 0 aliphatic heterocycles. The number of hydrogen-bond donors (Lipinski definition) is 1. The highest BCUT2D eigenvalue weighted by Crippen LogP contribution is 2.26. The van der Waals surface area contributed by atoms with Gasteiger partial charge in [0.2, 0.25) is 0 Å². The summed E-state index contributed by atoms with van der Waals surface area (Å²) < 4.78 is 5.64. The summed E-state index contributed by atoms with van der Waals surface area (Å²) in [5.74, 6) is 0.346. The monoisotopic (exact) mass is 456 g/mol. The Morgan fingerprint density at radius 1 is 0.939 bits per heavy atom. The summed E-state index contributed by atoms with van der Waals surface area (Å²) in [5, 5.41) is 15.0. The molecule has 164 valence electrons. The van der Waals surface area contributed by atoms with E-state index in [0.29, 0.717) is 22.0 Å². The van der Waals surface area contributed by atoms with Crippen molar-refractivity contribution in [2.24, 2.45) is 0 Å². The number of aromatic nitrogens is 3. The smallest absolute Gasteiger partial charge is 0.262 e. The van der Waals surface area contributed by atoms with Gasteiger partial charge in [-0.15, -0.1) is 15.0 Å². The normalized spacial score (nSPS) is 11.1. The van der Waals surface area contributed by atoms with Crippen LogP contribution in [0.1, 0.15) is 11.1 Å². The lowest BCUT2D eigenvalue weighted by Crippen LogP contribution is -2.20. The van der Waals surface area contributed by atoms with Crippen molar-refractivity contribution in [2.75, 3.05) is 11.9 Å². The fraction of sp³-hybridized carbons (Fsp3) is 0.115. The van der Waals surface area contributed by atoms with Gasteiger partial charge >= 0.3 is 0 Å². The number of rotatable bonds is 5. The maximum atomic E-state index is 12.4. The first-order valence-corrected chi connectivity index (χ1v) is 10.9. The van der Waals surface area contributed by atoms with E-state index in [-0.39, 0.29) is 12.5 Å². The number of anilines is 1. The van der Waals surface area contributed by atoms with Crippen molar-refractivity contribution in [3.63, 3.8) is 0 Å². The maximum Gasteiger partial charge on any atom is 0.262 e. The maximum absolute atomic E-state index is 12.4. The number of halogens is 1. The SMILES string of the molecule is Cc1cc(OCC(=O)Nc2ccc3nn(-c4cccc5ccccc45)nc3c2)cc(C)c1Cl. The predicted molar refractivity (Wildman–Crippen MR) is 131 cm³/mol. The van der Waals surface area contributed by atoms with E-state index in [1.165, 1.54) is 0 Å². The molecule has 5 rings (SSSR count). The molecule has 5 aromatic rings. The molecule has 7 heteroatoms. The Bertz CT molecular complexity index is 1480. The Morgan fingerprint density at radius 2 is 1.67 bits per heavy atom. The summed E-state index contributed by atoms with van der Waals surface area (Å²) in [6.07, 6.45) is 0. The van der Waals surface area contributed by atoms with Gasteiger partial charge in [0.25, 0.3) is 5.91 Å². The molecule has 0 aliphatic carbocycles. The lowest BCUT2D eigenvalue weighted by molar-refractivity contribution is -0.118. The molecule has 0 unspecified atom stereocenters. The van der Waals surface area contributed by atoms with E-state index in [0.717, 1.165) is 33.1 Å². The van der Waals surface area contributed by atoms with Crippen LogP contribution < -0.4 is 10.1 Å². The second-order valence-electron chi connectivity index (χ2n) is 7.90. The van der Waals surface area contributed by atoms with Crippen LogP contribution in [0.5, 0.6) is 5.75 Å². The number of ether oxygens (including phenoxy) is 1. The summed E-state index contributed by atoms with van der Waals surface area (Å²) in [5.41, 5.74) is 4.77. The highest BCUT2D eigenvalue weighted by molar-refractivity contribution is 6.32. The fourth-order valence-electron chi connectivity index (χ4n) is 3.82. The van der Waals surface area contributed by atoms with Crippen molar-refractivity contribution < 1.29 is 9.53 Å². The molecule has 1 heterocycles. The molecule has 0 saturated heterocycles. The first kappa shape index (κ1) is 21.0. The molecule has 0 spiro atoms. The van der Waals surface area contributed by atoms with Gasteiger partial charge in [0.1, 0.15) is 16.8 Å². The highest BCUT2D eigenvalue weighted by Gasteiger charge is 2.11. The number of amides is 1. The molecule has 1 N–H and O–H groups in total. The third-order valence-corrected chi connectivity index (χ3v) is 6.02. The van der Waals surface area contributed by atoms with Crippen LogP contribution >= 0.6 is 11.6 Å². The summed E-state index contributed by atoms with van der Waals surface area (Å²) in [6.45, 7) is 3.70. The van der Waals surface area contributed by atoms with Crippen LogP contribution in [0.2, 0.25) is 5.02 Å². The van der Waals surface area contributed by atoms with Crippen LogP contribution in [0.25, 0.3) is 27.5 Å². The zero-order chi connectivity index (χ0) is 22.9. The van der Waals surface area contributed by atoms with Gasteiger partial charge in [-0.1, -0.05) is 48.0 Å². The van der Waals surface area contributed by atoms with E-state index in [2.05, 4.69) is 27.6 Å². The molecular formula is C26H21ClN4O2. The minimum atomic E-state index is -0.263. The van der Waals surface area contributed by atoms with Crippen molar-refractivity contribution in [3.8, 4) is 11.4 Å². The van der Waals surface area contributed by atoms with Crippen LogP contribution in [0.15, 0.2) is 72.8 Å². The van der Waals surface area contributed by atoms with E-state index >= 15 is 0 Å². The zero-order valence-electron chi connectivity index (χ0n) is 18.2. The number of hydrogen-bond acceptors (Lipinski definition) is 4. The summed E-state index contributed by atoms with van der Waals surface area (Å²) in [7, 11) is 0. The predicted octanol–water partition coefficient (Wildman–Crippen LogP) is 5.86. The van der Waals surface area contributed by atoms with Crippen LogP contribution in [0.3, 0.4) is 0 Å². The Hall–Kier alpha value is -3.90. The van der Waals surface area contributed by atoms with Gasteiger partial charge in [-0.25, -0.2) is 0 Å². The molecular weight excluding hydrogens is 436 g/mol. The van der Waals surface area contributed by atoms with Gasteiger partial charge in [0, 0.05) is 16.1 Å². The van der Waals surface area contributed by atoms with Crippen molar-refractivity contribution in [2.45, 2.75) is 13.8 Å². The molecule has 0 saturated carbocycles. The summed E-state index contributed by atoms with van der Waals surface area (Å²) in [4.78, 5) is 14.1. The molecule has 1 aromatic heterocycles. The lowest BCUT2D eigenvalue weighted by atomic mass is 10.1. The van der Waals surface area contributed by atoms with E-state index in [9.17, 15) is 4.79 Å². The number of benzene rings is 4. The first-order valence-electron chi connectivity index (χ1n) is 10.5. The standard InChI is InChI=1S/C26H21ClN4O2/c1-16-12-20(13-17(2)26(16)27)33-15-25(32)28-19-10-11-22-23(14-19)30-31(29-22)24-9-5-7-18-6-3-4-8-21(18)24/h3-14H,15H2,1-2H3,(H,28,32). The minimum absolute atomic E-state index is 0.110. The molecule has 0 radical (unpaired) electrons. The first-order chi connectivity index (χ1) is 16.0. The molecule has 33 heavy (non-hydrogen) atoms. The quantitative estimate of drug-likeness (QED) is 0.359. The summed E-state index contributed by atoms with van der Waals surface area (Å²) >= 11 is 6.19. The second kappa shape index (κ2) is 8.56.